The third-order valence-electron chi connectivity index (χ3n) is 5.68. The zero-order valence-electron chi connectivity index (χ0n) is 18.5. The number of aromatic nitrogens is 1. The fourth-order valence-corrected chi connectivity index (χ4v) is 5.09. The summed E-state index contributed by atoms with van der Waals surface area (Å²) in [6.07, 6.45) is 1.70. The van der Waals surface area contributed by atoms with E-state index in [0.717, 1.165) is 34.5 Å². The average Bonchev–Trinajstić information content (AvgIpc) is 3.30. The molecule has 1 unspecified atom stereocenters. The summed E-state index contributed by atoms with van der Waals surface area (Å²) in [5.74, 6) is -1.27. The molecule has 1 aromatic heterocycles. The van der Waals surface area contributed by atoms with Crippen LogP contribution in [-0.2, 0) is 4.79 Å². The molecule has 0 bridgehead atoms. The molecule has 6 heteroatoms. The number of thiazole rings is 1. The van der Waals surface area contributed by atoms with Crippen LogP contribution in [-0.4, -0.2) is 33.2 Å². The second kappa shape index (κ2) is 9.09. The number of benzene rings is 2. The van der Waals surface area contributed by atoms with Crippen molar-refractivity contribution in [3.8, 4) is 10.6 Å². The molecule has 0 fully saturated rings. The van der Waals surface area contributed by atoms with Gasteiger partial charge in [-0.25, -0.2) is 4.98 Å². The van der Waals surface area contributed by atoms with Crippen LogP contribution in [0.15, 0.2) is 65.9 Å². The van der Waals surface area contributed by atoms with Crippen LogP contribution in [0.4, 0.5) is 0 Å². The smallest absolute Gasteiger partial charge is 0.290 e. The molecule has 4 rings (SSSR count). The molecule has 1 amide bonds. The summed E-state index contributed by atoms with van der Waals surface area (Å²) >= 11 is 1.29. The highest BCUT2D eigenvalue weighted by atomic mass is 32.1. The monoisotopic (exact) mass is 446 g/mol. The quantitative estimate of drug-likeness (QED) is 0.465. The van der Waals surface area contributed by atoms with Crippen LogP contribution >= 0.6 is 11.3 Å². The average molecular weight is 447 g/mol. The minimum absolute atomic E-state index is 0.142. The molecule has 2 aromatic carbocycles. The van der Waals surface area contributed by atoms with Crippen molar-refractivity contribution >= 4 is 23.0 Å². The maximum atomic E-state index is 13.7. The van der Waals surface area contributed by atoms with Gasteiger partial charge in [-0.1, -0.05) is 73.5 Å². The van der Waals surface area contributed by atoms with Gasteiger partial charge in [0.05, 0.1) is 22.2 Å². The second-order valence-electron chi connectivity index (χ2n) is 8.06. The van der Waals surface area contributed by atoms with Crippen molar-refractivity contribution in [2.24, 2.45) is 0 Å². The number of carbonyl (C=O) groups is 2. The third kappa shape index (κ3) is 3.98. The molecule has 2 heterocycles. The number of hydrogen-bond acceptors (Lipinski definition) is 5. The summed E-state index contributed by atoms with van der Waals surface area (Å²) in [5.41, 5.74) is 3.53. The molecule has 164 valence electrons. The van der Waals surface area contributed by atoms with Crippen LogP contribution < -0.4 is 0 Å². The first-order valence-electron chi connectivity index (χ1n) is 10.8. The Morgan fingerprint density at radius 3 is 2.56 bits per heavy atom. The molecule has 1 aliphatic heterocycles. The summed E-state index contributed by atoms with van der Waals surface area (Å²) in [7, 11) is 0. The van der Waals surface area contributed by atoms with E-state index in [2.05, 4.69) is 4.98 Å². The van der Waals surface area contributed by atoms with Gasteiger partial charge in [-0.05, 0) is 25.8 Å². The highest BCUT2D eigenvalue weighted by molar-refractivity contribution is 7.17. The largest absolute Gasteiger partial charge is 0.503 e. The van der Waals surface area contributed by atoms with E-state index in [9.17, 15) is 14.7 Å². The van der Waals surface area contributed by atoms with Gasteiger partial charge in [0.1, 0.15) is 5.01 Å². The highest BCUT2D eigenvalue weighted by Crippen LogP contribution is 2.41. The van der Waals surface area contributed by atoms with Crippen molar-refractivity contribution < 1.29 is 14.7 Å². The van der Waals surface area contributed by atoms with Gasteiger partial charge in [0.15, 0.2) is 5.76 Å². The molecule has 3 aromatic rings. The molecule has 5 nitrogen and oxygen atoms in total. The van der Waals surface area contributed by atoms with E-state index >= 15 is 0 Å². The molecule has 0 aliphatic carbocycles. The second-order valence-corrected chi connectivity index (χ2v) is 9.06. The van der Waals surface area contributed by atoms with Gasteiger partial charge in [-0.3, -0.25) is 9.59 Å². The fourth-order valence-electron chi connectivity index (χ4n) is 4.07. The fraction of sp³-hybridized carbons (Fsp3) is 0.269. The molecular formula is C26H26N2O3S. The van der Waals surface area contributed by atoms with Crippen molar-refractivity contribution in [1.29, 1.82) is 0 Å². The molecule has 0 spiro atoms. The molecule has 1 aliphatic rings. The molecule has 1 atom stereocenters. The summed E-state index contributed by atoms with van der Waals surface area (Å²) in [6.45, 7) is 6.29. The van der Waals surface area contributed by atoms with E-state index < -0.39 is 17.7 Å². The van der Waals surface area contributed by atoms with Gasteiger partial charge in [-0.15, -0.1) is 11.3 Å². The molecule has 0 saturated heterocycles. The Labute approximate surface area is 192 Å². The first-order chi connectivity index (χ1) is 15.4. The lowest BCUT2D eigenvalue weighted by Crippen LogP contribution is -2.32. The number of aliphatic hydroxyl groups is 1. The Morgan fingerprint density at radius 2 is 1.88 bits per heavy atom. The number of amides is 1. The van der Waals surface area contributed by atoms with E-state index in [1.165, 1.54) is 11.3 Å². The number of Topliss-reactive ketones (excluding diaryl/α,β-unsaturated/α-hetero) is 1. The maximum absolute atomic E-state index is 13.7. The van der Waals surface area contributed by atoms with Crippen LogP contribution in [0.1, 0.15) is 52.3 Å². The van der Waals surface area contributed by atoms with Gasteiger partial charge < -0.3 is 10.0 Å². The minimum Gasteiger partial charge on any atom is -0.503 e. The van der Waals surface area contributed by atoms with Crippen molar-refractivity contribution in [2.75, 3.05) is 6.54 Å². The van der Waals surface area contributed by atoms with Gasteiger partial charge >= 0.3 is 0 Å². The number of carbonyl (C=O) groups excluding carboxylic acids is 2. The first-order valence-corrected chi connectivity index (χ1v) is 11.6. The zero-order chi connectivity index (χ0) is 22.8. The van der Waals surface area contributed by atoms with E-state index in [1.807, 2.05) is 68.4 Å². The Kier molecular flexibility index (Phi) is 6.24. The van der Waals surface area contributed by atoms with Crippen LogP contribution in [0.25, 0.3) is 10.6 Å². The number of hydrogen-bond donors (Lipinski definition) is 1. The van der Waals surface area contributed by atoms with Crippen LogP contribution in [0, 0.1) is 13.8 Å². The van der Waals surface area contributed by atoms with Crippen LogP contribution in [0.5, 0.6) is 0 Å². The Balaban J connectivity index is 1.78. The summed E-state index contributed by atoms with van der Waals surface area (Å²) in [4.78, 5) is 33.4. The number of unbranched alkanes of at least 4 members (excludes halogenated alkanes) is 1. The van der Waals surface area contributed by atoms with E-state index in [-0.39, 0.29) is 11.4 Å². The van der Waals surface area contributed by atoms with Gasteiger partial charge in [0.2, 0.25) is 5.78 Å². The molecule has 0 radical (unpaired) electrons. The highest BCUT2D eigenvalue weighted by Gasteiger charge is 2.44. The van der Waals surface area contributed by atoms with E-state index in [1.54, 1.807) is 11.8 Å². The number of aryl methyl sites for hydroxylation is 2. The predicted molar refractivity (Wildman–Crippen MR) is 127 cm³/mol. The lowest BCUT2D eigenvalue weighted by Gasteiger charge is -2.27. The number of aliphatic hydroxyl groups excluding tert-OH is 1. The SMILES string of the molecule is CCCCN1C(=O)C(O)=C(C(=O)c2sc(-c3ccccc3)nc2C)C1c1cccc(C)c1. The van der Waals surface area contributed by atoms with Crippen molar-refractivity contribution in [1.82, 2.24) is 9.88 Å². The topological polar surface area (TPSA) is 70.5 Å². The number of nitrogens with zero attached hydrogens (tertiary/aromatic N) is 2. The third-order valence-corrected chi connectivity index (χ3v) is 6.89. The van der Waals surface area contributed by atoms with Crippen molar-refractivity contribution in [3.05, 3.63) is 87.6 Å². The number of rotatable bonds is 7. The number of ketones is 1. The summed E-state index contributed by atoms with van der Waals surface area (Å²) < 4.78 is 0. The van der Waals surface area contributed by atoms with Crippen LogP contribution in [0.2, 0.25) is 0 Å². The zero-order valence-corrected chi connectivity index (χ0v) is 19.3. The Bertz CT molecular complexity index is 1200. The first kappa shape index (κ1) is 22.0. The van der Waals surface area contributed by atoms with Gasteiger partial charge in [0.25, 0.3) is 5.91 Å². The molecular weight excluding hydrogens is 420 g/mol. The lowest BCUT2D eigenvalue weighted by molar-refractivity contribution is -0.129. The van der Waals surface area contributed by atoms with Gasteiger partial charge in [-0.2, -0.15) is 0 Å². The summed E-state index contributed by atoms with van der Waals surface area (Å²) in [5, 5.41) is 11.6. The molecule has 1 N–H and O–H groups in total. The van der Waals surface area contributed by atoms with Crippen molar-refractivity contribution in [2.45, 2.75) is 39.7 Å². The van der Waals surface area contributed by atoms with E-state index in [4.69, 9.17) is 0 Å². The molecule has 0 saturated carbocycles. The Hall–Kier alpha value is -3.25. The normalized spacial score (nSPS) is 16.2. The standard InChI is InChI=1S/C26H26N2O3S/c1-4-5-14-28-21(19-13-9-10-16(2)15-19)20(23(30)26(28)31)22(29)24-17(3)27-25(32-24)18-11-7-6-8-12-18/h6-13,15,21,30H,4-5,14H2,1-3H3. The lowest BCUT2D eigenvalue weighted by atomic mass is 9.94. The Morgan fingerprint density at radius 1 is 1.12 bits per heavy atom. The maximum Gasteiger partial charge on any atom is 0.290 e. The predicted octanol–water partition coefficient (Wildman–Crippen LogP) is 5.81. The van der Waals surface area contributed by atoms with Crippen LogP contribution in [0.3, 0.4) is 0 Å². The summed E-state index contributed by atoms with van der Waals surface area (Å²) in [6, 6.07) is 16.8. The van der Waals surface area contributed by atoms with Gasteiger partial charge in [0, 0.05) is 12.1 Å². The van der Waals surface area contributed by atoms with E-state index in [0.29, 0.717) is 17.1 Å². The van der Waals surface area contributed by atoms with Crippen molar-refractivity contribution in [3.63, 3.8) is 0 Å². The minimum atomic E-state index is -0.608. The molecule has 32 heavy (non-hydrogen) atoms.